The van der Waals surface area contributed by atoms with Crippen LogP contribution in [-0.4, -0.2) is 31.5 Å². The van der Waals surface area contributed by atoms with Crippen molar-refractivity contribution in [2.45, 2.75) is 52.0 Å². The minimum absolute atomic E-state index is 0. The van der Waals surface area contributed by atoms with Crippen LogP contribution in [0.15, 0.2) is 27.8 Å². The molecular weight excluding hydrogens is 431 g/mol. The lowest BCUT2D eigenvalue weighted by atomic mass is 9.87. The summed E-state index contributed by atoms with van der Waals surface area (Å²) in [6.07, 6.45) is 8.60. The minimum Gasteiger partial charge on any atom is -0.467 e. The van der Waals surface area contributed by atoms with Gasteiger partial charge in [-0.3, -0.25) is 4.79 Å². The maximum atomic E-state index is 12.0. The lowest BCUT2D eigenvalue weighted by Gasteiger charge is -2.20. The molecule has 0 aliphatic heterocycles. The lowest BCUT2D eigenvalue weighted by molar-refractivity contribution is -0.122. The molecule has 3 N–H and O–H groups in total. The largest absolute Gasteiger partial charge is 0.467 e. The average molecular weight is 462 g/mol. The van der Waals surface area contributed by atoms with Crippen LogP contribution in [-0.2, 0) is 11.3 Å². The maximum Gasteiger partial charge on any atom is 0.220 e. The van der Waals surface area contributed by atoms with Crippen molar-refractivity contribution in [3.63, 3.8) is 0 Å². The molecule has 0 saturated heterocycles. The summed E-state index contributed by atoms with van der Waals surface area (Å²) in [6, 6.07) is 3.76. The first kappa shape index (κ1) is 21.8. The zero-order chi connectivity index (χ0) is 17.0. The molecule has 1 fully saturated rings. The number of rotatable bonds is 8. The van der Waals surface area contributed by atoms with E-state index in [0.717, 1.165) is 18.3 Å². The van der Waals surface area contributed by atoms with Gasteiger partial charge in [0.15, 0.2) is 5.96 Å². The highest BCUT2D eigenvalue weighted by Crippen LogP contribution is 2.25. The zero-order valence-electron chi connectivity index (χ0n) is 15.1. The molecule has 6 nitrogen and oxygen atoms in total. The van der Waals surface area contributed by atoms with Crippen LogP contribution in [0, 0.1) is 5.92 Å². The van der Waals surface area contributed by atoms with Crippen LogP contribution in [0.3, 0.4) is 0 Å². The van der Waals surface area contributed by atoms with Crippen LogP contribution in [0.4, 0.5) is 0 Å². The van der Waals surface area contributed by atoms with Crippen molar-refractivity contribution < 1.29 is 9.21 Å². The Morgan fingerprint density at radius 3 is 2.64 bits per heavy atom. The van der Waals surface area contributed by atoms with Gasteiger partial charge in [-0.15, -0.1) is 24.0 Å². The maximum absolute atomic E-state index is 12.0. The van der Waals surface area contributed by atoms with Gasteiger partial charge in [0.2, 0.25) is 5.91 Å². The number of nitrogens with zero attached hydrogens (tertiary/aromatic N) is 1. The topological polar surface area (TPSA) is 78.7 Å². The van der Waals surface area contributed by atoms with Crippen molar-refractivity contribution in [1.82, 2.24) is 16.0 Å². The highest BCUT2D eigenvalue weighted by Gasteiger charge is 2.16. The second-order valence-corrected chi connectivity index (χ2v) is 6.26. The summed E-state index contributed by atoms with van der Waals surface area (Å²) >= 11 is 0. The van der Waals surface area contributed by atoms with Gasteiger partial charge in [0.05, 0.1) is 6.26 Å². The molecule has 1 amide bonds. The Kier molecular flexibility index (Phi) is 11.3. The van der Waals surface area contributed by atoms with E-state index < -0.39 is 0 Å². The molecule has 0 radical (unpaired) electrons. The Balaban J connectivity index is 0.00000312. The van der Waals surface area contributed by atoms with E-state index in [1.54, 1.807) is 6.26 Å². The molecular formula is C18H31IN4O2. The number of aliphatic imine (C=N–C) groups is 1. The van der Waals surface area contributed by atoms with Crippen molar-refractivity contribution in [3.05, 3.63) is 24.2 Å². The van der Waals surface area contributed by atoms with Crippen LogP contribution in [0.5, 0.6) is 0 Å². The van der Waals surface area contributed by atoms with Gasteiger partial charge in [-0.2, -0.15) is 0 Å². The normalized spacial score (nSPS) is 15.3. The number of carbonyl (C=O) groups excluding carboxylic acids is 1. The summed E-state index contributed by atoms with van der Waals surface area (Å²) in [7, 11) is 0. The van der Waals surface area contributed by atoms with Crippen molar-refractivity contribution in [3.8, 4) is 0 Å². The van der Waals surface area contributed by atoms with Gasteiger partial charge < -0.3 is 20.4 Å². The average Bonchev–Trinajstić information content (AvgIpc) is 3.11. The molecule has 1 aromatic heterocycles. The molecule has 1 heterocycles. The summed E-state index contributed by atoms with van der Waals surface area (Å²) < 4.78 is 5.27. The van der Waals surface area contributed by atoms with Gasteiger partial charge in [-0.25, -0.2) is 4.99 Å². The van der Waals surface area contributed by atoms with Crippen LogP contribution in [0.1, 0.15) is 51.2 Å². The number of carbonyl (C=O) groups is 1. The molecule has 2 rings (SSSR count). The standard InChI is InChI=1S/C18H30N4O2.HI/c1-2-19-18(22-14-16-9-6-12-24-16)21-11-10-20-17(23)13-15-7-4-3-5-8-15;/h6,9,12,15H,2-5,7-8,10-11,13-14H2,1H3,(H,20,23)(H2,19,21,22);1H. The van der Waals surface area contributed by atoms with Gasteiger partial charge in [-0.05, 0) is 37.8 Å². The van der Waals surface area contributed by atoms with Crippen LogP contribution in [0.25, 0.3) is 0 Å². The molecule has 0 unspecified atom stereocenters. The Hall–Kier alpha value is -1.25. The first-order valence-corrected chi connectivity index (χ1v) is 9.09. The van der Waals surface area contributed by atoms with E-state index in [0.29, 0.717) is 32.0 Å². The van der Waals surface area contributed by atoms with E-state index in [1.165, 1.54) is 32.1 Å². The second-order valence-electron chi connectivity index (χ2n) is 6.26. The monoisotopic (exact) mass is 462 g/mol. The van der Waals surface area contributed by atoms with E-state index in [2.05, 4.69) is 20.9 Å². The van der Waals surface area contributed by atoms with Gasteiger partial charge in [0.1, 0.15) is 12.3 Å². The van der Waals surface area contributed by atoms with E-state index in [4.69, 9.17) is 4.42 Å². The third-order valence-corrected chi connectivity index (χ3v) is 4.26. The molecule has 1 saturated carbocycles. The number of nitrogens with one attached hydrogen (secondary N) is 3. The highest BCUT2D eigenvalue weighted by molar-refractivity contribution is 14.0. The summed E-state index contributed by atoms with van der Waals surface area (Å²) in [4.78, 5) is 16.4. The first-order chi connectivity index (χ1) is 11.8. The molecule has 0 bridgehead atoms. The zero-order valence-corrected chi connectivity index (χ0v) is 17.4. The summed E-state index contributed by atoms with van der Waals surface area (Å²) in [6.45, 7) is 4.57. The molecule has 1 aliphatic carbocycles. The number of amides is 1. The Morgan fingerprint density at radius 1 is 1.20 bits per heavy atom. The summed E-state index contributed by atoms with van der Waals surface area (Å²) in [5.41, 5.74) is 0. The molecule has 1 aliphatic rings. The van der Waals surface area contributed by atoms with Crippen LogP contribution in [0.2, 0.25) is 0 Å². The van der Waals surface area contributed by atoms with Gasteiger partial charge in [0.25, 0.3) is 0 Å². The van der Waals surface area contributed by atoms with Gasteiger partial charge >= 0.3 is 0 Å². The van der Waals surface area contributed by atoms with E-state index in [9.17, 15) is 4.79 Å². The van der Waals surface area contributed by atoms with Crippen LogP contribution >= 0.6 is 24.0 Å². The van der Waals surface area contributed by atoms with Crippen molar-refractivity contribution in [1.29, 1.82) is 0 Å². The van der Waals surface area contributed by atoms with Gasteiger partial charge in [0, 0.05) is 26.1 Å². The quantitative estimate of drug-likeness (QED) is 0.240. The molecule has 0 spiro atoms. The molecule has 1 aromatic rings. The Labute approximate surface area is 167 Å². The highest BCUT2D eigenvalue weighted by atomic mass is 127. The molecule has 25 heavy (non-hydrogen) atoms. The number of furan rings is 1. The number of hydrogen-bond acceptors (Lipinski definition) is 3. The van der Waals surface area contributed by atoms with E-state index in [-0.39, 0.29) is 29.9 Å². The third-order valence-electron chi connectivity index (χ3n) is 4.26. The smallest absolute Gasteiger partial charge is 0.220 e. The first-order valence-electron chi connectivity index (χ1n) is 9.09. The molecule has 0 atom stereocenters. The molecule has 7 heteroatoms. The molecule has 0 aromatic carbocycles. The predicted molar refractivity (Wildman–Crippen MR) is 111 cm³/mol. The van der Waals surface area contributed by atoms with Crippen molar-refractivity contribution >= 4 is 35.8 Å². The SMILES string of the molecule is CCNC(=NCc1ccco1)NCCNC(=O)CC1CCCCC1.I. The lowest BCUT2D eigenvalue weighted by Crippen LogP contribution is -2.41. The number of guanidine groups is 1. The third kappa shape index (κ3) is 9.13. The fourth-order valence-electron chi connectivity index (χ4n) is 3.01. The van der Waals surface area contributed by atoms with E-state index >= 15 is 0 Å². The predicted octanol–water partition coefficient (Wildman–Crippen LogP) is 3.04. The number of hydrogen-bond donors (Lipinski definition) is 3. The van der Waals surface area contributed by atoms with E-state index in [1.807, 2.05) is 19.1 Å². The summed E-state index contributed by atoms with van der Waals surface area (Å²) in [5, 5.41) is 9.40. The molecule has 142 valence electrons. The summed E-state index contributed by atoms with van der Waals surface area (Å²) in [5.74, 6) is 2.31. The Bertz CT molecular complexity index is 499. The second kappa shape index (κ2) is 13.0. The Morgan fingerprint density at radius 2 is 1.96 bits per heavy atom. The van der Waals surface area contributed by atoms with Crippen molar-refractivity contribution in [2.24, 2.45) is 10.9 Å². The fourth-order valence-corrected chi connectivity index (χ4v) is 3.01. The van der Waals surface area contributed by atoms with Crippen LogP contribution < -0.4 is 16.0 Å². The fraction of sp³-hybridized carbons (Fsp3) is 0.667. The minimum atomic E-state index is 0. The van der Waals surface area contributed by atoms with Crippen molar-refractivity contribution in [2.75, 3.05) is 19.6 Å². The van der Waals surface area contributed by atoms with Gasteiger partial charge in [-0.1, -0.05) is 19.3 Å². The number of halogens is 1.